The molecule has 114 valence electrons. The summed E-state index contributed by atoms with van der Waals surface area (Å²) in [6, 6.07) is 12.6. The number of thiophene rings is 1. The van der Waals surface area contributed by atoms with E-state index in [0.29, 0.717) is 0 Å². The molecule has 4 nitrogen and oxygen atoms in total. The maximum Gasteiger partial charge on any atom is 0.141 e. The number of hydrogen-bond acceptors (Lipinski definition) is 3. The first-order chi connectivity index (χ1) is 11.3. The molecule has 0 amide bonds. The second kappa shape index (κ2) is 5.85. The van der Waals surface area contributed by atoms with Crippen molar-refractivity contribution in [3.63, 3.8) is 0 Å². The fraction of sp³-hybridized carbons (Fsp3) is 0.111. The number of rotatable bonds is 4. The highest BCUT2D eigenvalue weighted by Crippen LogP contribution is 2.29. The number of aromatic nitrogens is 4. The molecule has 5 heteroatoms. The molecule has 0 radical (unpaired) electrons. The molecule has 23 heavy (non-hydrogen) atoms. The minimum Gasteiger partial charge on any atom is -0.324 e. The minimum atomic E-state index is 0.160. The number of imidazole rings is 1. The van der Waals surface area contributed by atoms with Crippen molar-refractivity contribution in [2.45, 2.75) is 13.0 Å². The number of benzene rings is 1. The lowest BCUT2D eigenvalue weighted by atomic mass is 10.1. The van der Waals surface area contributed by atoms with Gasteiger partial charge in [-0.1, -0.05) is 18.2 Å². The van der Waals surface area contributed by atoms with Gasteiger partial charge in [-0.05, 0) is 30.5 Å². The van der Waals surface area contributed by atoms with Crippen LogP contribution >= 0.6 is 11.3 Å². The van der Waals surface area contributed by atoms with Gasteiger partial charge in [-0.15, -0.1) is 0 Å². The Labute approximate surface area is 138 Å². The van der Waals surface area contributed by atoms with Crippen LogP contribution in [0, 0.1) is 0 Å². The smallest absolute Gasteiger partial charge is 0.141 e. The summed E-state index contributed by atoms with van der Waals surface area (Å²) in [6.45, 7) is 2.19. The van der Waals surface area contributed by atoms with Crippen LogP contribution in [0.1, 0.15) is 18.5 Å². The van der Waals surface area contributed by atoms with Crippen LogP contribution in [-0.4, -0.2) is 19.3 Å². The average Bonchev–Trinajstić information content (AvgIpc) is 3.35. The summed E-state index contributed by atoms with van der Waals surface area (Å²) >= 11 is 1.69. The van der Waals surface area contributed by atoms with Gasteiger partial charge in [-0.25, -0.2) is 9.67 Å². The fourth-order valence-electron chi connectivity index (χ4n) is 2.85. The quantitative estimate of drug-likeness (QED) is 0.558. The number of hydrogen-bond donors (Lipinski definition) is 0. The molecule has 0 saturated carbocycles. The molecule has 0 N–H and O–H groups in total. The van der Waals surface area contributed by atoms with Crippen molar-refractivity contribution >= 4 is 11.3 Å². The van der Waals surface area contributed by atoms with Gasteiger partial charge in [0.05, 0.1) is 11.7 Å². The van der Waals surface area contributed by atoms with Gasteiger partial charge in [0.2, 0.25) is 0 Å². The Morgan fingerprint density at radius 2 is 1.96 bits per heavy atom. The Bertz CT molecular complexity index is 891. The SMILES string of the molecule is CC(c1ccccc1-n1cccn1)n1ccnc1-c1ccsc1. The third-order valence-corrected chi connectivity index (χ3v) is 4.69. The van der Waals surface area contributed by atoms with Crippen molar-refractivity contribution in [2.24, 2.45) is 0 Å². The van der Waals surface area contributed by atoms with Crippen LogP contribution in [0.4, 0.5) is 0 Å². The standard InChI is InChI=1S/C18H16N4S/c1-14(21-11-9-19-18(21)15-7-12-23-13-15)16-5-2-3-6-17(16)22-10-4-8-20-22/h2-14H,1H3. The van der Waals surface area contributed by atoms with E-state index >= 15 is 0 Å². The van der Waals surface area contributed by atoms with Gasteiger partial charge in [-0.2, -0.15) is 16.4 Å². The van der Waals surface area contributed by atoms with Crippen molar-refractivity contribution < 1.29 is 0 Å². The summed E-state index contributed by atoms with van der Waals surface area (Å²) in [7, 11) is 0. The van der Waals surface area contributed by atoms with Crippen molar-refractivity contribution in [2.75, 3.05) is 0 Å². The second-order valence-electron chi connectivity index (χ2n) is 5.36. The zero-order valence-corrected chi connectivity index (χ0v) is 13.5. The lowest BCUT2D eigenvalue weighted by Crippen LogP contribution is -2.11. The van der Waals surface area contributed by atoms with Crippen molar-refractivity contribution in [3.8, 4) is 17.1 Å². The van der Waals surface area contributed by atoms with Crippen LogP contribution in [0.15, 0.2) is 71.9 Å². The largest absolute Gasteiger partial charge is 0.324 e. The monoisotopic (exact) mass is 320 g/mol. The van der Waals surface area contributed by atoms with Crippen molar-refractivity contribution in [3.05, 3.63) is 77.5 Å². The Hall–Kier alpha value is -2.66. The van der Waals surface area contributed by atoms with E-state index in [1.807, 2.05) is 35.4 Å². The van der Waals surface area contributed by atoms with Gasteiger partial charge >= 0.3 is 0 Å². The maximum atomic E-state index is 4.54. The van der Waals surface area contributed by atoms with E-state index in [4.69, 9.17) is 0 Å². The van der Waals surface area contributed by atoms with E-state index in [-0.39, 0.29) is 6.04 Å². The van der Waals surface area contributed by atoms with Crippen LogP contribution in [0.3, 0.4) is 0 Å². The predicted octanol–water partition coefficient (Wildman–Crippen LogP) is 4.41. The summed E-state index contributed by atoms with van der Waals surface area (Å²) in [5.74, 6) is 0.994. The summed E-state index contributed by atoms with van der Waals surface area (Å²) in [4.78, 5) is 4.54. The molecule has 1 aromatic carbocycles. The van der Waals surface area contributed by atoms with Crippen molar-refractivity contribution in [1.29, 1.82) is 0 Å². The zero-order valence-electron chi connectivity index (χ0n) is 12.7. The van der Waals surface area contributed by atoms with Gasteiger partial charge in [0.15, 0.2) is 0 Å². The third-order valence-electron chi connectivity index (χ3n) is 4.00. The van der Waals surface area contributed by atoms with Crippen LogP contribution in [-0.2, 0) is 0 Å². The molecular formula is C18H16N4S. The number of para-hydroxylation sites is 1. The topological polar surface area (TPSA) is 35.6 Å². The lowest BCUT2D eigenvalue weighted by Gasteiger charge is -2.19. The first kappa shape index (κ1) is 14.0. The molecule has 0 spiro atoms. The van der Waals surface area contributed by atoms with Crippen LogP contribution in [0.2, 0.25) is 0 Å². The van der Waals surface area contributed by atoms with Gasteiger partial charge in [-0.3, -0.25) is 0 Å². The van der Waals surface area contributed by atoms with E-state index in [0.717, 1.165) is 17.1 Å². The maximum absolute atomic E-state index is 4.54. The van der Waals surface area contributed by atoms with Gasteiger partial charge in [0.1, 0.15) is 5.82 Å². The molecule has 4 rings (SSSR count). The fourth-order valence-corrected chi connectivity index (χ4v) is 3.49. The first-order valence-electron chi connectivity index (χ1n) is 7.49. The summed E-state index contributed by atoms with van der Waals surface area (Å²) in [5, 5.41) is 8.59. The van der Waals surface area contributed by atoms with Crippen LogP contribution in [0.5, 0.6) is 0 Å². The molecule has 0 bridgehead atoms. The van der Waals surface area contributed by atoms with E-state index in [1.165, 1.54) is 5.56 Å². The molecular weight excluding hydrogens is 304 g/mol. The lowest BCUT2D eigenvalue weighted by molar-refractivity contribution is 0.638. The minimum absolute atomic E-state index is 0.160. The molecule has 0 aliphatic heterocycles. The summed E-state index contributed by atoms with van der Waals surface area (Å²) in [5.41, 5.74) is 3.46. The summed E-state index contributed by atoms with van der Waals surface area (Å²) in [6.07, 6.45) is 7.67. The van der Waals surface area contributed by atoms with Gasteiger partial charge < -0.3 is 4.57 Å². The molecule has 0 saturated heterocycles. The zero-order chi connectivity index (χ0) is 15.6. The van der Waals surface area contributed by atoms with Gasteiger partial charge in [0, 0.05) is 41.3 Å². The van der Waals surface area contributed by atoms with Crippen molar-refractivity contribution in [1.82, 2.24) is 19.3 Å². The molecule has 1 atom stereocenters. The van der Waals surface area contributed by atoms with Gasteiger partial charge in [0.25, 0.3) is 0 Å². The highest BCUT2D eigenvalue weighted by molar-refractivity contribution is 7.08. The molecule has 0 fully saturated rings. The highest BCUT2D eigenvalue weighted by Gasteiger charge is 2.17. The molecule has 0 aliphatic carbocycles. The third kappa shape index (κ3) is 2.49. The van der Waals surface area contributed by atoms with Crippen LogP contribution < -0.4 is 0 Å². The number of nitrogens with zero attached hydrogens (tertiary/aromatic N) is 4. The van der Waals surface area contributed by atoms with E-state index in [2.05, 4.69) is 56.6 Å². The highest BCUT2D eigenvalue weighted by atomic mass is 32.1. The Kier molecular flexibility index (Phi) is 3.55. The normalized spacial score (nSPS) is 12.4. The van der Waals surface area contributed by atoms with Crippen LogP contribution in [0.25, 0.3) is 17.1 Å². The summed E-state index contributed by atoms with van der Waals surface area (Å²) < 4.78 is 4.12. The van der Waals surface area contributed by atoms with E-state index in [9.17, 15) is 0 Å². The van der Waals surface area contributed by atoms with E-state index < -0.39 is 0 Å². The Morgan fingerprint density at radius 1 is 1.04 bits per heavy atom. The Morgan fingerprint density at radius 3 is 2.74 bits per heavy atom. The second-order valence-corrected chi connectivity index (χ2v) is 6.14. The molecule has 3 aromatic heterocycles. The molecule has 1 unspecified atom stereocenters. The molecule has 0 aliphatic rings. The predicted molar refractivity (Wildman–Crippen MR) is 92.9 cm³/mol. The Balaban J connectivity index is 1.80. The molecule has 3 heterocycles. The molecule has 4 aromatic rings. The first-order valence-corrected chi connectivity index (χ1v) is 8.43. The average molecular weight is 320 g/mol. The van der Waals surface area contributed by atoms with E-state index in [1.54, 1.807) is 17.5 Å².